The highest BCUT2D eigenvalue weighted by Crippen LogP contribution is 2.19. The molecule has 172 valence electrons. The van der Waals surface area contributed by atoms with E-state index in [-0.39, 0.29) is 23.3 Å². The first kappa shape index (κ1) is 25.9. The van der Waals surface area contributed by atoms with Gasteiger partial charge in [0, 0.05) is 35.4 Å². The largest absolute Gasteiger partial charge is 0.354 e. The van der Waals surface area contributed by atoms with Crippen LogP contribution in [0.15, 0.2) is 53.0 Å². The SMILES string of the molecule is CC(C)CNC(=O)C(C)N(Cc1ccc(Br)cc1)C(=O)CSCc1ccc([N+](=O)[O-])cc1. The summed E-state index contributed by atoms with van der Waals surface area (Å²) in [4.78, 5) is 37.6. The summed E-state index contributed by atoms with van der Waals surface area (Å²) in [6, 6.07) is 13.4. The molecule has 1 unspecified atom stereocenters. The van der Waals surface area contributed by atoms with E-state index in [1.807, 2.05) is 38.1 Å². The number of nitro groups is 1. The first-order chi connectivity index (χ1) is 15.2. The zero-order valence-electron chi connectivity index (χ0n) is 18.4. The van der Waals surface area contributed by atoms with Crippen molar-refractivity contribution in [2.75, 3.05) is 12.3 Å². The Labute approximate surface area is 201 Å². The number of halogens is 1. The summed E-state index contributed by atoms with van der Waals surface area (Å²) in [6.45, 7) is 6.67. The van der Waals surface area contributed by atoms with Gasteiger partial charge in [0.2, 0.25) is 11.8 Å². The van der Waals surface area contributed by atoms with Gasteiger partial charge in [-0.1, -0.05) is 54.0 Å². The molecule has 0 aliphatic heterocycles. The fourth-order valence-corrected chi connectivity index (χ4v) is 4.01. The number of non-ortho nitro benzene ring substituents is 1. The third kappa shape index (κ3) is 8.27. The lowest BCUT2D eigenvalue weighted by atomic mass is 10.1. The fraction of sp³-hybridized carbons (Fsp3) is 0.391. The molecule has 2 amide bonds. The number of nitro benzene ring substituents is 1. The quantitative estimate of drug-likeness (QED) is 0.339. The van der Waals surface area contributed by atoms with Gasteiger partial charge in [0.05, 0.1) is 10.7 Å². The van der Waals surface area contributed by atoms with Crippen LogP contribution < -0.4 is 5.32 Å². The summed E-state index contributed by atoms with van der Waals surface area (Å²) in [5, 5.41) is 13.7. The van der Waals surface area contributed by atoms with Crippen molar-refractivity contribution in [2.45, 2.75) is 39.1 Å². The predicted molar refractivity (Wildman–Crippen MR) is 131 cm³/mol. The highest BCUT2D eigenvalue weighted by Gasteiger charge is 2.26. The standard InChI is InChI=1S/C23H28BrN3O4S/c1-16(2)12-25-23(29)17(3)26(13-18-4-8-20(24)9-5-18)22(28)15-32-14-19-6-10-21(11-7-19)27(30)31/h4-11,16-17H,12-15H2,1-3H3,(H,25,29). The number of nitrogens with zero attached hydrogens (tertiary/aromatic N) is 2. The Bertz CT molecular complexity index is 920. The third-order valence-electron chi connectivity index (χ3n) is 4.76. The minimum Gasteiger partial charge on any atom is -0.354 e. The molecular weight excluding hydrogens is 494 g/mol. The van der Waals surface area contributed by atoms with Crippen LogP contribution in [-0.2, 0) is 21.9 Å². The average molecular weight is 522 g/mol. The van der Waals surface area contributed by atoms with Crippen LogP contribution in [0, 0.1) is 16.0 Å². The number of amides is 2. The zero-order valence-corrected chi connectivity index (χ0v) is 20.8. The lowest BCUT2D eigenvalue weighted by Gasteiger charge is -2.29. The summed E-state index contributed by atoms with van der Waals surface area (Å²) in [5.41, 5.74) is 1.87. The first-order valence-corrected chi connectivity index (χ1v) is 12.2. The van der Waals surface area contributed by atoms with Gasteiger partial charge < -0.3 is 10.2 Å². The number of hydrogen-bond donors (Lipinski definition) is 1. The molecule has 1 atom stereocenters. The molecule has 9 heteroatoms. The molecule has 1 N–H and O–H groups in total. The van der Waals surface area contributed by atoms with E-state index in [1.54, 1.807) is 24.0 Å². The van der Waals surface area contributed by atoms with Gasteiger partial charge in [-0.2, -0.15) is 0 Å². The van der Waals surface area contributed by atoms with E-state index in [9.17, 15) is 19.7 Å². The summed E-state index contributed by atoms with van der Waals surface area (Å²) in [5.74, 6) is 0.759. The molecule has 32 heavy (non-hydrogen) atoms. The Kier molecular flexibility index (Phi) is 10.2. The molecule has 0 aliphatic rings. The summed E-state index contributed by atoms with van der Waals surface area (Å²) in [7, 11) is 0. The summed E-state index contributed by atoms with van der Waals surface area (Å²) < 4.78 is 0.945. The molecule has 0 saturated heterocycles. The second-order valence-electron chi connectivity index (χ2n) is 7.88. The van der Waals surface area contributed by atoms with Crippen molar-refractivity contribution < 1.29 is 14.5 Å². The highest BCUT2D eigenvalue weighted by atomic mass is 79.9. The van der Waals surface area contributed by atoms with Gasteiger partial charge in [-0.3, -0.25) is 19.7 Å². The van der Waals surface area contributed by atoms with Crippen LogP contribution in [0.1, 0.15) is 31.9 Å². The molecule has 0 saturated carbocycles. The molecule has 7 nitrogen and oxygen atoms in total. The molecule has 0 aromatic heterocycles. The Balaban J connectivity index is 2.03. The maximum absolute atomic E-state index is 13.1. The number of thioether (sulfide) groups is 1. The van der Waals surface area contributed by atoms with Crippen molar-refractivity contribution in [3.63, 3.8) is 0 Å². The third-order valence-corrected chi connectivity index (χ3v) is 6.28. The smallest absolute Gasteiger partial charge is 0.269 e. The van der Waals surface area contributed by atoms with Gasteiger partial charge in [-0.25, -0.2) is 0 Å². The lowest BCUT2D eigenvalue weighted by molar-refractivity contribution is -0.384. The van der Waals surface area contributed by atoms with Crippen molar-refractivity contribution in [1.29, 1.82) is 0 Å². The maximum Gasteiger partial charge on any atom is 0.269 e. The first-order valence-electron chi connectivity index (χ1n) is 10.3. The Morgan fingerprint density at radius 2 is 1.66 bits per heavy atom. The zero-order chi connectivity index (χ0) is 23.7. The van der Waals surface area contributed by atoms with E-state index in [0.717, 1.165) is 15.6 Å². The molecule has 2 rings (SSSR count). The van der Waals surface area contributed by atoms with Gasteiger partial charge >= 0.3 is 0 Å². The van der Waals surface area contributed by atoms with Crippen LogP contribution in [0.2, 0.25) is 0 Å². The molecule has 2 aromatic carbocycles. The van der Waals surface area contributed by atoms with Crippen LogP contribution in [-0.4, -0.2) is 40.0 Å². The van der Waals surface area contributed by atoms with Crippen molar-refractivity contribution >= 4 is 45.2 Å². The monoisotopic (exact) mass is 521 g/mol. The minimum atomic E-state index is -0.607. The Hall–Kier alpha value is -2.39. The van der Waals surface area contributed by atoms with Crippen LogP contribution in [0.25, 0.3) is 0 Å². The van der Waals surface area contributed by atoms with Crippen LogP contribution in [0.4, 0.5) is 5.69 Å². The van der Waals surface area contributed by atoms with Crippen LogP contribution in [0.3, 0.4) is 0 Å². The number of benzene rings is 2. The van der Waals surface area contributed by atoms with E-state index in [0.29, 0.717) is 24.8 Å². The normalized spacial score (nSPS) is 11.8. The molecule has 2 aromatic rings. The average Bonchev–Trinajstić information content (AvgIpc) is 2.76. The highest BCUT2D eigenvalue weighted by molar-refractivity contribution is 9.10. The molecule has 0 fully saturated rings. The van der Waals surface area contributed by atoms with Gasteiger partial charge in [0.1, 0.15) is 6.04 Å². The molecule has 0 aliphatic carbocycles. The second-order valence-corrected chi connectivity index (χ2v) is 9.78. The Morgan fingerprint density at radius 3 is 2.22 bits per heavy atom. The maximum atomic E-state index is 13.1. The fourth-order valence-electron chi connectivity index (χ4n) is 2.87. The summed E-state index contributed by atoms with van der Waals surface area (Å²) in [6.07, 6.45) is 0. The van der Waals surface area contributed by atoms with E-state index in [4.69, 9.17) is 0 Å². The van der Waals surface area contributed by atoms with Crippen molar-refractivity contribution in [1.82, 2.24) is 10.2 Å². The Morgan fingerprint density at radius 1 is 1.06 bits per heavy atom. The van der Waals surface area contributed by atoms with E-state index >= 15 is 0 Å². The van der Waals surface area contributed by atoms with Crippen LogP contribution in [0.5, 0.6) is 0 Å². The molecule has 0 spiro atoms. The molecular formula is C23H28BrN3O4S. The van der Waals surface area contributed by atoms with Gasteiger partial charge in [-0.05, 0) is 36.1 Å². The predicted octanol–water partition coefficient (Wildman–Crippen LogP) is 4.78. The number of carbonyl (C=O) groups is 2. The molecule has 0 bridgehead atoms. The van der Waals surface area contributed by atoms with E-state index in [1.165, 1.54) is 23.9 Å². The summed E-state index contributed by atoms with van der Waals surface area (Å²) >= 11 is 4.83. The van der Waals surface area contributed by atoms with Gasteiger partial charge in [0.15, 0.2) is 0 Å². The second kappa shape index (κ2) is 12.6. The van der Waals surface area contributed by atoms with E-state index < -0.39 is 11.0 Å². The molecule has 0 heterocycles. The van der Waals surface area contributed by atoms with Gasteiger partial charge in [-0.15, -0.1) is 11.8 Å². The van der Waals surface area contributed by atoms with Crippen molar-refractivity contribution in [2.24, 2.45) is 5.92 Å². The number of hydrogen-bond acceptors (Lipinski definition) is 5. The molecule has 0 radical (unpaired) electrons. The van der Waals surface area contributed by atoms with Crippen molar-refractivity contribution in [3.8, 4) is 0 Å². The van der Waals surface area contributed by atoms with Crippen molar-refractivity contribution in [3.05, 3.63) is 74.2 Å². The van der Waals surface area contributed by atoms with Crippen LogP contribution >= 0.6 is 27.7 Å². The number of carbonyl (C=O) groups excluding carboxylic acids is 2. The lowest BCUT2D eigenvalue weighted by Crippen LogP contribution is -2.48. The van der Waals surface area contributed by atoms with E-state index in [2.05, 4.69) is 21.2 Å². The minimum absolute atomic E-state index is 0.0386. The topological polar surface area (TPSA) is 92.6 Å². The number of rotatable bonds is 11. The van der Waals surface area contributed by atoms with Gasteiger partial charge in [0.25, 0.3) is 5.69 Å². The number of nitrogens with one attached hydrogen (secondary N) is 1.